The van der Waals surface area contributed by atoms with Gasteiger partial charge in [0.15, 0.2) is 11.5 Å². The number of rotatable bonds is 6. The van der Waals surface area contributed by atoms with E-state index in [-0.39, 0.29) is 10.9 Å². The lowest BCUT2D eigenvalue weighted by Crippen LogP contribution is -2.46. The summed E-state index contributed by atoms with van der Waals surface area (Å²) in [5.41, 5.74) is 0.505. The molecular weight excluding hydrogens is 502 g/mol. The number of nitrogens with one attached hydrogen (secondary N) is 1. The van der Waals surface area contributed by atoms with Gasteiger partial charge in [-0.2, -0.15) is 0 Å². The minimum absolute atomic E-state index is 0.260. The van der Waals surface area contributed by atoms with E-state index in [2.05, 4.69) is 23.1 Å². The highest BCUT2D eigenvalue weighted by Gasteiger charge is 2.36. The molecule has 3 aromatic rings. The number of nitrogens with zero attached hydrogens (tertiary/aromatic N) is 2. The average Bonchev–Trinajstić information content (AvgIpc) is 2.89. The third-order valence-electron chi connectivity index (χ3n) is 6.50. The summed E-state index contributed by atoms with van der Waals surface area (Å²) >= 11 is 10.8. The largest absolute Gasteiger partial charge is 0.493 e. The second-order valence-corrected chi connectivity index (χ2v) is 9.75. The monoisotopic (exact) mass is 529 g/mol. The Balaban J connectivity index is 1.51. The van der Waals surface area contributed by atoms with Crippen molar-refractivity contribution in [3.63, 3.8) is 0 Å². The number of pyridine rings is 1. The van der Waals surface area contributed by atoms with Gasteiger partial charge in [0.05, 0.1) is 30.4 Å². The minimum Gasteiger partial charge on any atom is -0.493 e. The SMILES string of the molecule is COc1cc2nccc(Oc3ccc(N(S)C(=O)NC(=O)C4(C)CCCCC4)cc3Cl)c2cc1OC. The molecule has 3 amide bonds. The van der Waals surface area contributed by atoms with Gasteiger partial charge >= 0.3 is 6.03 Å². The molecule has 1 aliphatic carbocycles. The standard InChI is InChI=1S/C26H28ClN3O5S/c1-26(10-5-4-6-11-26)24(31)29-25(32)30(36)16-7-8-21(18(27)13-16)35-20-9-12-28-19-15-23(34-3)22(33-2)14-17(19)20/h7-9,12-15,36H,4-6,10-11H2,1-3H3,(H,29,31,32). The summed E-state index contributed by atoms with van der Waals surface area (Å²) < 4.78 is 17.9. The zero-order valence-electron chi connectivity index (χ0n) is 20.3. The summed E-state index contributed by atoms with van der Waals surface area (Å²) in [6.45, 7) is 1.90. The van der Waals surface area contributed by atoms with Crippen molar-refractivity contribution in [2.24, 2.45) is 5.41 Å². The second kappa shape index (κ2) is 10.8. The minimum atomic E-state index is -0.638. The van der Waals surface area contributed by atoms with E-state index < -0.39 is 11.4 Å². The lowest BCUT2D eigenvalue weighted by Gasteiger charge is -2.32. The highest BCUT2D eigenvalue weighted by molar-refractivity contribution is 7.82. The first-order valence-corrected chi connectivity index (χ1v) is 12.4. The Morgan fingerprint density at radius 3 is 2.36 bits per heavy atom. The van der Waals surface area contributed by atoms with E-state index in [9.17, 15) is 9.59 Å². The van der Waals surface area contributed by atoms with Crippen LogP contribution in [0.15, 0.2) is 42.6 Å². The van der Waals surface area contributed by atoms with Crippen LogP contribution in [0.3, 0.4) is 0 Å². The summed E-state index contributed by atoms with van der Waals surface area (Å²) in [6, 6.07) is 9.43. The Morgan fingerprint density at radius 2 is 1.69 bits per heavy atom. The zero-order chi connectivity index (χ0) is 25.9. The number of amides is 3. The first kappa shape index (κ1) is 25.9. The molecule has 190 valence electrons. The number of aromatic nitrogens is 1. The number of anilines is 1. The van der Waals surface area contributed by atoms with Crippen LogP contribution in [0.2, 0.25) is 5.02 Å². The van der Waals surface area contributed by atoms with E-state index in [1.807, 2.05) is 6.92 Å². The highest BCUT2D eigenvalue weighted by atomic mass is 35.5. The lowest BCUT2D eigenvalue weighted by atomic mass is 9.75. The van der Waals surface area contributed by atoms with Gasteiger partial charge in [0.2, 0.25) is 5.91 Å². The van der Waals surface area contributed by atoms with E-state index >= 15 is 0 Å². The van der Waals surface area contributed by atoms with Crippen molar-refractivity contribution in [1.82, 2.24) is 10.3 Å². The molecule has 0 atom stereocenters. The van der Waals surface area contributed by atoms with Crippen molar-refractivity contribution in [2.45, 2.75) is 39.0 Å². The Labute approximate surface area is 220 Å². The number of methoxy groups -OCH3 is 2. The van der Waals surface area contributed by atoms with E-state index in [0.717, 1.165) is 36.4 Å². The Kier molecular flexibility index (Phi) is 7.80. The van der Waals surface area contributed by atoms with Crippen LogP contribution in [0.4, 0.5) is 10.5 Å². The predicted octanol–water partition coefficient (Wildman–Crippen LogP) is 6.56. The van der Waals surface area contributed by atoms with E-state index in [0.29, 0.717) is 39.6 Å². The van der Waals surface area contributed by atoms with Crippen molar-refractivity contribution >= 4 is 52.9 Å². The van der Waals surface area contributed by atoms with Crippen LogP contribution in [-0.4, -0.2) is 31.1 Å². The number of carbonyl (C=O) groups is 2. The van der Waals surface area contributed by atoms with Crippen LogP contribution >= 0.6 is 24.4 Å². The molecule has 1 heterocycles. The molecule has 0 unspecified atom stereocenters. The van der Waals surface area contributed by atoms with Gasteiger partial charge in [-0.1, -0.05) is 50.6 Å². The molecule has 1 aliphatic rings. The van der Waals surface area contributed by atoms with Gasteiger partial charge in [-0.05, 0) is 43.2 Å². The number of imide groups is 1. The fraction of sp³-hybridized carbons (Fsp3) is 0.346. The highest BCUT2D eigenvalue weighted by Crippen LogP contribution is 2.40. The first-order valence-electron chi connectivity index (χ1n) is 11.6. The lowest BCUT2D eigenvalue weighted by molar-refractivity contribution is -0.130. The number of thiol groups is 1. The molecule has 1 saturated carbocycles. The topological polar surface area (TPSA) is 90.0 Å². The molecule has 1 aromatic heterocycles. The number of fused-ring (bicyclic) bond motifs is 1. The maximum atomic E-state index is 12.7. The van der Waals surface area contributed by atoms with Crippen molar-refractivity contribution < 1.29 is 23.8 Å². The predicted molar refractivity (Wildman–Crippen MR) is 143 cm³/mol. The van der Waals surface area contributed by atoms with Crippen LogP contribution < -0.4 is 23.8 Å². The van der Waals surface area contributed by atoms with E-state index in [4.69, 9.17) is 25.8 Å². The van der Waals surface area contributed by atoms with Crippen molar-refractivity contribution in [2.75, 3.05) is 18.5 Å². The molecule has 2 aromatic carbocycles. The average molecular weight is 530 g/mol. The molecular formula is C26H28ClN3O5S. The molecule has 0 radical (unpaired) electrons. The number of benzene rings is 2. The number of carbonyl (C=O) groups excluding carboxylic acids is 2. The number of ether oxygens (including phenoxy) is 3. The van der Waals surface area contributed by atoms with Crippen LogP contribution in [0, 0.1) is 5.41 Å². The van der Waals surface area contributed by atoms with E-state index in [1.165, 1.54) is 0 Å². The Morgan fingerprint density at radius 1 is 1.00 bits per heavy atom. The van der Waals surface area contributed by atoms with Crippen molar-refractivity contribution in [3.05, 3.63) is 47.6 Å². The van der Waals surface area contributed by atoms with Crippen LogP contribution in [0.25, 0.3) is 10.9 Å². The smallest absolute Gasteiger partial charge is 0.338 e. The van der Waals surface area contributed by atoms with Crippen LogP contribution in [0.5, 0.6) is 23.0 Å². The maximum Gasteiger partial charge on any atom is 0.338 e. The van der Waals surface area contributed by atoms with Gasteiger partial charge in [0, 0.05) is 23.1 Å². The molecule has 36 heavy (non-hydrogen) atoms. The zero-order valence-corrected chi connectivity index (χ0v) is 22.0. The van der Waals surface area contributed by atoms with Gasteiger partial charge in [0.25, 0.3) is 0 Å². The van der Waals surface area contributed by atoms with Gasteiger partial charge in [0.1, 0.15) is 11.5 Å². The fourth-order valence-electron chi connectivity index (χ4n) is 4.34. The third kappa shape index (κ3) is 5.32. The third-order valence-corrected chi connectivity index (χ3v) is 7.21. The molecule has 10 heteroatoms. The number of urea groups is 1. The number of hydrogen-bond acceptors (Lipinski definition) is 7. The molecule has 0 saturated heterocycles. The molecule has 0 aliphatic heterocycles. The summed E-state index contributed by atoms with van der Waals surface area (Å²) in [6.07, 6.45) is 6.21. The van der Waals surface area contributed by atoms with Gasteiger partial charge < -0.3 is 14.2 Å². The summed E-state index contributed by atoms with van der Waals surface area (Å²) in [5, 5.41) is 3.44. The van der Waals surface area contributed by atoms with Crippen LogP contribution in [0.1, 0.15) is 39.0 Å². The molecule has 0 spiro atoms. The van der Waals surface area contributed by atoms with E-state index in [1.54, 1.807) is 56.8 Å². The van der Waals surface area contributed by atoms with Gasteiger partial charge in [-0.15, -0.1) is 0 Å². The van der Waals surface area contributed by atoms with Crippen molar-refractivity contribution in [1.29, 1.82) is 0 Å². The Hall–Kier alpha value is -3.17. The quantitative estimate of drug-likeness (QED) is 0.352. The first-order chi connectivity index (χ1) is 17.3. The summed E-state index contributed by atoms with van der Waals surface area (Å²) in [4.78, 5) is 29.8. The Bertz CT molecular complexity index is 1300. The fourth-order valence-corrected chi connectivity index (χ4v) is 4.72. The number of halogens is 1. The molecule has 8 nitrogen and oxygen atoms in total. The van der Waals surface area contributed by atoms with Crippen LogP contribution in [-0.2, 0) is 4.79 Å². The summed E-state index contributed by atoms with van der Waals surface area (Å²) in [5.74, 6) is 1.70. The molecule has 0 bridgehead atoms. The molecule has 1 fully saturated rings. The van der Waals surface area contributed by atoms with Gasteiger partial charge in [-0.25, -0.2) is 9.10 Å². The summed E-state index contributed by atoms with van der Waals surface area (Å²) in [7, 11) is 3.11. The maximum absolute atomic E-state index is 12.7. The van der Waals surface area contributed by atoms with Crippen molar-refractivity contribution in [3.8, 4) is 23.0 Å². The molecule has 1 N–H and O–H groups in total. The molecule has 4 rings (SSSR count). The van der Waals surface area contributed by atoms with Gasteiger partial charge in [-0.3, -0.25) is 15.1 Å². The number of hydrogen-bond donors (Lipinski definition) is 2. The second-order valence-electron chi connectivity index (χ2n) is 8.94. The normalized spacial score (nSPS) is 14.7.